The van der Waals surface area contributed by atoms with Crippen LogP contribution in [0.2, 0.25) is 0 Å². The van der Waals surface area contributed by atoms with Crippen LogP contribution >= 0.6 is 0 Å². The van der Waals surface area contributed by atoms with Crippen LogP contribution in [-0.4, -0.2) is 37.2 Å². The molecule has 0 fully saturated rings. The molecular weight excluding hydrogens is 973 g/mol. The monoisotopic (exact) mass is 1100 g/mol. The highest BCUT2D eigenvalue weighted by atomic mass is 16.6. The van der Waals surface area contributed by atoms with Gasteiger partial charge < -0.3 is 14.2 Å². The third-order valence-electron chi connectivity index (χ3n) is 14.9. The standard InChI is InChI=1S/C73H128O6/c1-4-7-10-13-16-19-22-25-28-31-33-34-35-36-37-38-39-40-41-43-45-48-51-54-57-60-63-66-72(75)78-69-70(68-77-71(74)65-62-59-56-53-50-47-44-30-27-24-21-18-15-12-9-6-3)79-73(76)67-64-61-58-55-52-49-46-42-32-29-26-23-20-17-14-11-8-5-2/h7,10,16,19-20,23,25,28-30,32-34,44,70H,4-6,8-9,11-15,17-18,21-22,24,26-27,31,35-43,45-69H2,1-3H3/b10-7-,19-16-,23-20-,28-25-,32-29-,34-33-,44-30-. The highest BCUT2D eigenvalue weighted by molar-refractivity contribution is 5.71. The molecule has 0 aliphatic heterocycles. The first-order chi connectivity index (χ1) is 39.0. The Morgan fingerprint density at radius 3 is 0.797 bits per heavy atom. The van der Waals surface area contributed by atoms with Gasteiger partial charge in [-0.2, -0.15) is 0 Å². The van der Waals surface area contributed by atoms with Crippen molar-refractivity contribution in [2.45, 2.75) is 348 Å². The van der Waals surface area contributed by atoms with E-state index in [-0.39, 0.29) is 31.1 Å². The van der Waals surface area contributed by atoms with Crippen molar-refractivity contribution in [2.75, 3.05) is 13.2 Å². The Morgan fingerprint density at radius 1 is 0.266 bits per heavy atom. The number of rotatable bonds is 62. The summed E-state index contributed by atoms with van der Waals surface area (Å²) < 4.78 is 17.0. The molecule has 6 heteroatoms. The second-order valence-corrected chi connectivity index (χ2v) is 22.7. The normalized spacial score (nSPS) is 12.6. The molecule has 0 N–H and O–H groups in total. The molecule has 1 atom stereocenters. The van der Waals surface area contributed by atoms with Gasteiger partial charge in [0.25, 0.3) is 0 Å². The number of hydrogen-bond donors (Lipinski definition) is 0. The van der Waals surface area contributed by atoms with Crippen LogP contribution in [0.1, 0.15) is 342 Å². The van der Waals surface area contributed by atoms with E-state index in [2.05, 4.69) is 106 Å². The number of unbranched alkanes of at least 4 members (excludes halogenated alkanes) is 37. The summed E-state index contributed by atoms with van der Waals surface area (Å²) >= 11 is 0. The summed E-state index contributed by atoms with van der Waals surface area (Å²) in [6.07, 6.45) is 88.8. The molecule has 0 aromatic carbocycles. The molecule has 0 aliphatic carbocycles. The fourth-order valence-electron chi connectivity index (χ4n) is 9.76. The van der Waals surface area contributed by atoms with Crippen LogP contribution in [0.25, 0.3) is 0 Å². The Labute approximate surface area is 490 Å². The molecule has 0 heterocycles. The van der Waals surface area contributed by atoms with Gasteiger partial charge in [-0.25, -0.2) is 0 Å². The maximum absolute atomic E-state index is 12.9. The molecule has 0 amide bonds. The molecule has 1 unspecified atom stereocenters. The average molecular weight is 1100 g/mol. The molecule has 6 nitrogen and oxygen atoms in total. The lowest BCUT2D eigenvalue weighted by Crippen LogP contribution is -2.30. The van der Waals surface area contributed by atoms with E-state index in [9.17, 15) is 14.4 Å². The SMILES string of the molecule is CC/C=C\C/C=C\C/C=C\C/C=C\CCCCCCCCCCCCCCCCC(=O)OCC(COC(=O)CCCCCCC/C=C\CCCCCCCCC)OC(=O)CCCCCCCCC/C=C\C/C=C\CCCCCC. The Kier molecular flexibility index (Phi) is 64.2. The summed E-state index contributed by atoms with van der Waals surface area (Å²) in [6.45, 7) is 6.54. The number of carbonyl (C=O) groups is 3. The van der Waals surface area contributed by atoms with Crippen molar-refractivity contribution in [3.05, 3.63) is 85.1 Å². The smallest absolute Gasteiger partial charge is 0.306 e. The van der Waals surface area contributed by atoms with Gasteiger partial charge in [-0.15, -0.1) is 0 Å². The van der Waals surface area contributed by atoms with Crippen LogP contribution in [0.5, 0.6) is 0 Å². The molecule has 0 bridgehead atoms. The van der Waals surface area contributed by atoms with Gasteiger partial charge >= 0.3 is 17.9 Å². The minimum absolute atomic E-state index is 0.0803. The van der Waals surface area contributed by atoms with Crippen molar-refractivity contribution in [1.82, 2.24) is 0 Å². The Bertz CT molecular complexity index is 1500. The lowest BCUT2D eigenvalue weighted by atomic mass is 10.0. The molecule has 0 spiro atoms. The van der Waals surface area contributed by atoms with Gasteiger partial charge in [0.1, 0.15) is 13.2 Å². The van der Waals surface area contributed by atoms with E-state index >= 15 is 0 Å². The van der Waals surface area contributed by atoms with E-state index in [1.54, 1.807) is 0 Å². The van der Waals surface area contributed by atoms with Crippen LogP contribution in [0.15, 0.2) is 85.1 Å². The van der Waals surface area contributed by atoms with Crippen molar-refractivity contribution in [3.63, 3.8) is 0 Å². The maximum atomic E-state index is 12.9. The number of ether oxygens (including phenoxy) is 3. The van der Waals surface area contributed by atoms with Crippen LogP contribution in [0.4, 0.5) is 0 Å². The van der Waals surface area contributed by atoms with Crippen molar-refractivity contribution < 1.29 is 28.6 Å². The predicted molar refractivity (Wildman–Crippen MR) is 344 cm³/mol. The first kappa shape index (κ1) is 75.6. The molecule has 0 saturated heterocycles. The quantitative estimate of drug-likeness (QED) is 0.0261. The highest BCUT2D eigenvalue weighted by Crippen LogP contribution is 2.17. The number of allylic oxidation sites excluding steroid dienone is 14. The third-order valence-corrected chi connectivity index (χ3v) is 14.9. The predicted octanol–water partition coefficient (Wildman–Crippen LogP) is 23.4. The van der Waals surface area contributed by atoms with Gasteiger partial charge in [-0.3, -0.25) is 14.4 Å². The number of hydrogen-bond acceptors (Lipinski definition) is 6. The average Bonchev–Trinajstić information content (AvgIpc) is 3.45. The highest BCUT2D eigenvalue weighted by Gasteiger charge is 2.19. The van der Waals surface area contributed by atoms with Gasteiger partial charge in [0.05, 0.1) is 0 Å². The zero-order valence-corrected chi connectivity index (χ0v) is 52.4. The molecule has 0 aromatic rings. The number of esters is 3. The molecule has 456 valence electrons. The lowest BCUT2D eigenvalue weighted by Gasteiger charge is -2.18. The van der Waals surface area contributed by atoms with Crippen molar-refractivity contribution in [2.24, 2.45) is 0 Å². The molecule has 0 aliphatic rings. The van der Waals surface area contributed by atoms with Crippen molar-refractivity contribution in [3.8, 4) is 0 Å². The fourth-order valence-corrected chi connectivity index (χ4v) is 9.76. The molecule has 0 rings (SSSR count). The summed E-state index contributed by atoms with van der Waals surface area (Å²) in [5.41, 5.74) is 0. The van der Waals surface area contributed by atoms with Gasteiger partial charge in [0, 0.05) is 19.3 Å². The summed E-state index contributed by atoms with van der Waals surface area (Å²) in [7, 11) is 0. The molecule has 79 heavy (non-hydrogen) atoms. The molecular formula is C73H128O6. The third kappa shape index (κ3) is 65.3. The maximum Gasteiger partial charge on any atom is 0.306 e. The van der Waals surface area contributed by atoms with Gasteiger partial charge in [0.15, 0.2) is 6.10 Å². The largest absolute Gasteiger partial charge is 0.462 e. The van der Waals surface area contributed by atoms with Crippen molar-refractivity contribution >= 4 is 17.9 Å². The minimum Gasteiger partial charge on any atom is -0.462 e. The summed E-state index contributed by atoms with van der Waals surface area (Å²) in [5.74, 6) is -0.881. The van der Waals surface area contributed by atoms with Gasteiger partial charge in [0.2, 0.25) is 0 Å². The summed E-state index contributed by atoms with van der Waals surface area (Å²) in [5, 5.41) is 0. The van der Waals surface area contributed by atoms with Crippen LogP contribution in [0, 0.1) is 0 Å². The molecule has 0 aromatic heterocycles. The minimum atomic E-state index is -0.785. The van der Waals surface area contributed by atoms with Crippen LogP contribution < -0.4 is 0 Å². The van der Waals surface area contributed by atoms with Crippen LogP contribution in [0.3, 0.4) is 0 Å². The van der Waals surface area contributed by atoms with E-state index in [1.807, 2.05) is 0 Å². The van der Waals surface area contributed by atoms with Crippen molar-refractivity contribution in [1.29, 1.82) is 0 Å². The van der Waals surface area contributed by atoms with Crippen LogP contribution in [-0.2, 0) is 28.6 Å². The first-order valence-electron chi connectivity index (χ1n) is 34.1. The van der Waals surface area contributed by atoms with E-state index in [0.29, 0.717) is 19.3 Å². The summed E-state index contributed by atoms with van der Waals surface area (Å²) in [4.78, 5) is 38.4. The zero-order chi connectivity index (χ0) is 57.1. The Morgan fingerprint density at radius 2 is 0.494 bits per heavy atom. The van der Waals surface area contributed by atoms with E-state index in [1.165, 1.54) is 199 Å². The van der Waals surface area contributed by atoms with Gasteiger partial charge in [-0.1, -0.05) is 292 Å². The summed E-state index contributed by atoms with van der Waals surface area (Å²) in [6, 6.07) is 0. The Balaban J connectivity index is 4.31. The van der Waals surface area contributed by atoms with Gasteiger partial charge in [-0.05, 0) is 116 Å². The Hall–Kier alpha value is -3.41. The second kappa shape index (κ2) is 67.1. The molecule has 0 radical (unpaired) electrons. The zero-order valence-electron chi connectivity index (χ0n) is 52.4. The molecule has 0 saturated carbocycles. The van der Waals surface area contributed by atoms with E-state index in [0.717, 1.165) is 103 Å². The topological polar surface area (TPSA) is 78.9 Å². The fraction of sp³-hybridized carbons (Fsp3) is 0.767. The number of carbonyl (C=O) groups excluding carboxylic acids is 3. The lowest BCUT2D eigenvalue weighted by molar-refractivity contribution is -0.167. The van der Waals surface area contributed by atoms with E-state index in [4.69, 9.17) is 14.2 Å². The first-order valence-corrected chi connectivity index (χ1v) is 34.1. The van der Waals surface area contributed by atoms with E-state index < -0.39 is 6.10 Å². The second-order valence-electron chi connectivity index (χ2n) is 22.7.